The number of carbonyl (C=O) groups excluding carboxylic acids is 1. The van der Waals surface area contributed by atoms with E-state index in [2.05, 4.69) is 4.90 Å². The number of ether oxygens (including phenoxy) is 2. The molecule has 1 saturated heterocycles. The van der Waals surface area contributed by atoms with E-state index >= 15 is 0 Å². The van der Waals surface area contributed by atoms with Crippen LogP contribution in [0.5, 0.6) is 5.75 Å². The molecule has 6 nitrogen and oxygen atoms in total. The van der Waals surface area contributed by atoms with Crippen molar-refractivity contribution < 1.29 is 28.2 Å². The molecule has 1 atom stereocenters. The quantitative estimate of drug-likeness (QED) is 0.709. The Hall–Kier alpha value is -1.77. The number of hydrogen-bond acceptors (Lipinski definition) is 5. The lowest BCUT2D eigenvalue weighted by Crippen LogP contribution is -2.53. The lowest BCUT2D eigenvalue weighted by atomic mass is 10.0. The molecule has 0 unspecified atom stereocenters. The SMILES string of the molecule is COCC(=O)N1CCN(C2CCCCCC2)C[C@](O)(COc2cc(F)cc(F)c2)C1. The Kier molecular flexibility index (Phi) is 8.02. The summed E-state index contributed by atoms with van der Waals surface area (Å²) in [6.45, 7) is 1.35. The summed E-state index contributed by atoms with van der Waals surface area (Å²) in [7, 11) is 1.46. The van der Waals surface area contributed by atoms with Gasteiger partial charge in [0.2, 0.25) is 5.91 Å². The highest BCUT2D eigenvalue weighted by Crippen LogP contribution is 2.26. The number of carbonyl (C=O) groups is 1. The van der Waals surface area contributed by atoms with Gasteiger partial charge in [0.15, 0.2) is 0 Å². The van der Waals surface area contributed by atoms with Gasteiger partial charge in [0.1, 0.15) is 36.2 Å². The van der Waals surface area contributed by atoms with Crippen LogP contribution in [0, 0.1) is 11.6 Å². The Balaban J connectivity index is 1.76. The highest BCUT2D eigenvalue weighted by atomic mass is 19.1. The predicted molar refractivity (Wildman–Crippen MR) is 108 cm³/mol. The van der Waals surface area contributed by atoms with E-state index in [0.29, 0.717) is 25.7 Å². The lowest BCUT2D eigenvalue weighted by Gasteiger charge is -2.36. The summed E-state index contributed by atoms with van der Waals surface area (Å²) in [5.74, 6) is -1.67. The van der Waals surface area contributed by atoms with Gasteiger partial charge in [-0.25, -0.2) is 8.78 Å². The van der Waals surface area contributed by atoms with Crippen LogP contribution in [0.2, 0.25) is 0 Å². The van der Waals surface area contributed by atoms with Crippen molar-refractivity contribution in [3.63, 3.8) is 0 Å². The fraction of sp³-hybridized carbons (Fsp3) is 0.682. The van der Waals surface area contributed by atoms with E-state index in [0.717, 1.165) is 43.9 Å². The van der Waals surface area contributed by atoms with Crippen molar-refractivity contribution >= 4 is 5.91 Å². The standard InChI is InChI=1S/C22H32F2N2O4/c1-29-13-21(27)26-9-8-25(19-6-4-2-3-5-7-19)14-22(28,15-26)16-30-20-11-17(23)10-18(24)12-20/h10-12,19,28H,2-9,13-16H2,1H3/t22-/m1/s1. The van der Waals surface area contributed by atoms with Crippen LogP contribution in [0.3, 0.4) is 0 Å². The zero-order valence-corrected chi connectivity index (χ0v) is 17.6. The third-order valence-corrected chi connectivity index (χ3v) is 5.94. The summed E-state index contributed by atoms with van der Waals surface area (Å²) < 4.78 is 37.6. The zero-order chi connectivity index (χ0) is 21.6. The topological polar surface area (TPSA) is 62.2 Å². The van der Waals surface area contributed by atoms with E-state index in [4.69, 9.17) is 9.47 Å². The molecule has 2 fully saturated rings. The number of methoxy groups -OCH3 is 1. The van der Waals surface area contributed by atoms with Crippen LogP contribution in [-0.4, -0.2) is 79.0 Å². The van der Waals surface area contributed by atoms with Gasteiger partial charge >= 0.3 is 0 Å². The highest BCUT2D eigenvalue weighted by molar-refractivity contribution is 5.77. The number of β-amino-alcohol motifs (C(OH)–C–C–N with tert-alkyl or cyclic N) is 1. The Morgan fingerprint density at radius 3 is 2.40 bits per heavy atom. The number of nitrogens with zero attached hydrogens (tertiary/aromatic N) is 2. The van der Waals surface area contributed by atoms with Crippen molar-refractivity contribution in [2.24, 2.45) is 0 Å². The average molecular weight is 427 g/mol. The van der Waals surface area contributed by atoms with E-state index in [1.807, 2.05) is 0 Å². The van der Waals surface area contributed by atoms with E-state index in [1.54, 1.807) is 4.90 Å². The molecule has 2 aliphatic rings. The van der Waals surface area contributed by atoms with Crippen LogP contribution in [0.4, 0.5) is 8.78 Å². The van der Waals surface area contributed by atoms with E-state index in [9.17, 15) is 18.7 Å². The number of amides is 1. The first-order chi connectivity index (χ1) is 14.4. The Bertz CT molecular complexity index is 692. The molecule has 0 spiro atoms. The summed E-state index contributed by atoms with van der Waals surface area (Å²) >= 11 is 0. The van der Waals surface area contributed by atoms with Gasteiger partial charge in [0.05, 0.1) is 6.54 Å². The van der Waals surface area contributed by atoms with Gasteiger partial charge < -0.3 is 19.5 Å². The van der Waals surface area contributed by atoms with Crippen LogP contribution in [0.1, 0.15) is 38.5 Å². The van der Waals surface area contributed by atoms with Gasteiger partial charge in [-0.1, -0.05) is 25.7 Å². The second-order valence-corrected chi connectivity index (χ2v) is 8.48. The van der Waals surface area contributed by atoms with Gasteiger partial charge in [-0.3, -0.25) is 9.69 Å². The molecule has 1 N–H and O–H groups in total. The monoisotopic (exact) mass is 426 g/mol. The minimum atomic E-state index is -1.37. The molecular weight excluding hydrogens is 394 g/mol. The first-order valence-electron chi connectivity index (χ1n) is 10.7. The summed E-state index contributed by atoms with van der Waals surface area (Å²) in [4.78, 5) is 16.3. The maximum absolute atomic E-state index is 13.5. The number of hydrogen-bond donors (Lipinski definition) is 1. The van der Waals surface area contributed by atoms with Crippen molar-refractivity contribution in [3.05, 3.63) is 29.8 Å². The molecule has 30 heavy (non-hydrogen) atoms. The van der Waals surface area contributed by atoms with Crippen LogP contribution >= 0.6 is 0 Å². The molecule has 0 radical (unpaired) electrons. The molecule has 1 saturated carbocycles. The van der Waals surface area contributed by atoms with Gasteiger partial charge in [0.25, 0.3) is 0 Å². The molecular formula is C22H32F2N2O4. The number of benzene rings is 1. The van der Waals surface area contributed by atoms with E-state index in [1.165, 1.54) is 20.0 Å². The van der Waals surface area contributed by atoms with Crippen LogP contribution in [0.25, 0.3) is 0 Å². The van der Waals surface area contributed by atoms with Crippen LogP contribution < -0.4 is 4.74 Å². The normalized spacial score (nSPS) is 24.3. The Labute approximate surface area is 176 Å². The number of aliphatic hydroxyl groups is 1. The van der Waals surface area contributed by atoms with Crippen molar-refractivity contribution in [1.82, 2.24) is 9.80 Å². The van der Waals surface area contributed by atoms with E-state index in [-0.39, 0.29) is 31.4 Å². The largest absolute Gasteiger partial charge is 0.490 e. The summed E-state index contributed by atoms with van der Waals surface area (Å²) in [6.07, 6.45) is 6.90. The second kappa shape index (κ2) is 10.5. The third-order valence-electron chi connectivity index (χ3n) is 5.94. The van der Waals surface area contributed by atoms with Gasteiger partial charge in [-0.2, -0.15) is 0 Å². The van der Waals surface area contributed by atoms with E-state index < -0.39 is 17.2 Å². The lowest BCUT2D eigenvalue weighted by molar-refractivity contribution is -0.138. The minimum Gasteiger partial charge on any atom is -0.490 e. The maximum Gasteiger partial charge on any atom is 0.248 e. The first-order valence-corrected chi connectivity index (χ1v) is 10.7. The smallest absolute Gasteiger partial charge is 0.248 e. The van der Waals surface area contributed by atoms with Crippen molar-refractivity contribution in [2.75, 3.05) is 46.5 Å². The highest BCUT2D eigenvalue weighted by Gasteiger charge is 2.39. The van der Waals surface area contributed by atoms with Crippen molar-refractivity contribution in [2.45, 2.75) is 50.2 Å². The molecule has 168 valence electrons. The van der Waals surface area contributed by atoms with Gasteiger partial charge in [0, 0.05) is 51.0 Å². The summed E-state index contributed by atoms with van der Waals surface area (Å²) in [5.41, 5.74) is -1.37. The molecule has 8 heteroatoms. The maximum atomic E-state index is 13.5. The molecule has 0 bridgehead atoms. The molecule has 0 aromatic heterocycles. The molecule has 1 heterocycles. The predicted octanol–water partition coefficient (Wildman–Crippen LogP) is 2.59. The Morgan fingerprint density at radius 1 is 1.10 bits per heavy atom. The molecule has 1 aromatic rings. The average Bonchev–Trinajstić information content (AvgIpc) is 3.06. The fourth-order valence-corrected chi connectivity index (χ4v) is 4.47. The molecule has 1 aliphatic carbocycles. The fourth-order valence-electron chi connectivity index (χ4n) is 4.47. The molecule has 1 amide bonds. The van der Waals surface area contributed by atoms with Crippen LogP contribution in [-0.2, 0) is 9.53 Å². The summed E-state index contributed by atoms with van der Waals surface area (Å²) in [6, 6.07) is 3.29. The second-order valence-electron chi connectivity index (χ2n) is 8.48. The number of halogens is 2. The molecule has 1 aliphatic heterocycles. The van der Waals surface area contributed by atoms with Crippen molar-refractivity contribution in [1.29, 1.82) is 0 Å². The first kappa shape index (κ1) is 22.9. The molecule has 1 aromatic carbocycles. The van der Waals surface area contributed by atoms with Gasteiger partial charge in [-0.15, -0.1) is 0 Å². The van der Waals surface area contributed by atoms with Crippen molar-refractivity contribution in [3.8, 4) is 5.75 Å². The van der Waals surface area contributed by atoms with Gasteiger partial charge in [-0.05, 0) is 12.8 Å². The number of rotatable bonds is 6. The van der Waals surface area contributed by atoms with Crippen LogP contribution in [0.15, 0.2) is 18.2 Å². The minimum absolute atomic E-state index is 0.0148. The third kappa shape index (κ3) is 6.36. The molecule has 3 rings (SSSR count). The zero-order valence-electron chi connectivity index (χ0n) is 17.6. The summed E-state index contributed by atoms with van der Waals surface area (Å²) in [5, 5.41) is 11.4. The Morgan fingerprint density at radius 2 is 1.77 bits per heavy atom.